The summed E-state index contributed by atoms with van der Waals surface area (Å²) in [5.74, 6) is -2.47. The van der Waals surface area contributed by atoms with E-state index in [1.165, 1.54) is 28.4 Å². The van der Waals surface area contributed by atoms with E-state index in [0.717, 1.165) is 0 Å². The Morgan fingerprint density at radius 3 is 2.18 bits per heavy atom. The van der Waals surface area contributed by atoms with E-state index < -0.39 is 23.8 Å². The van der Waals surface area contributed by atoms with Gasteiger partial charge in [0.25, 0.3) is 0 Å². The van der Waals surface area contributed by atoms with Crippen molar-refractivity contribution in [2.75, 3.05) is 35.0 Å². The maximum Gasteiger partial charge on any atom is 0.336 e. The van der Waals surface area contributed by atoms with Gasteiger partial charge in [0.05, 0.1) is 40.6 Å². The molecule has 9 nitrogen and oxygen atoms in total. The fourth-order valence-corrected chi connectivity index (χ4v) is 4.76. The van der Waals surface area contributed by atoms with Crippen LogP contribution in [0, 0.1) is 11.8 Å². The molecule has 9 heteroatoms. The number of hydrogen-bond donors (Lipinski definition) is 1. The van der Waals surface area contributed by atoms with Crippen LogP contribution in [0.15, 0.2) is 34.7 Å². The van der Waals surface area contributed by atoms with Gasteiger partial charge in [-0.05, 0) is 43.9 Å². The number of Topliss-reactive ketones (excluding diaryl/α,β-unsaturated/α-hetero) is 1. The molecule has 0 radical (unpaired) electrons. The Hall–Kier alpha value is -3.49. The second kappa shape index (κ2) is 10.2. The molecule has 0 saturated carbocycles. The van der Waals surface area contributed by atoms with Gasteiger partial charge < -0.3 is 29.0 Å². The summed E-state index contributed by atoms with van der Waals surface area (Å²) in [6.45, 7) is 5.48. The molecule has 0 aromatic heterocycles. The highest BCUT2D eigenvalue weighted by molar-refractivity contribution is 6.12. The summed E-state index contributed by atoms with van der Waals surface area (Å²) in [5, 5.41) is 3.22. The van der Waals surface area contributed by atoms with Gasteiger partial charge in [-0.2, -0.15) is 0 Å². The molecule has 1 aliphatic carbocycles. The molecule has 1 aromatic rings. The van der Waals surface area contributed by atoms with Crippen molar-refractivity contribution >= 4 is 17.7 Å². The van der Waals surface area contributed by atoms with Crippen LogP contribution < -0.4 is 19.5 Å². The number of carbonyl (C=O) groups is 3. The van der Waals surface area contributed by atoms with Crippen LogP contribution in [0.5, 0.6) is 17.2 Å². The summed E-state index contributed by atoms with van der Waals surface area (Å²) in [7, 11) is 5.73. The van der Waals surface area contributed by atoms with Crippen molar-refractivity contribution < 1.29 is 38.1 Å². The van der Waals surface area contributed by atoms with Gasteiger partial charge in [0, 0.05) is 22.9 Å². The van der Waals surface area contributed by atoms with Crippen LogP contribution >= 0.6 is 0 Å². The number of benzene rings is 1. The Kier molecular flexibility index (Phi) is 7.54. The first kappa shape index (κ1) is 25.1. The van der Waals surface area contributed by atoms with Gasteiger partial charge in [-0.15, -0.1) is 0 Å². The molecule has 1 aromatic carbocycles. The Balaban J connectivity index is 2.29. The minimum atomic E-state index is -0.975. The molecule has 3 rings (SSSR count). The number of carbonyl (C=O) groups excluding carboxylic acids is 3. The Morgan fingerprint density at radius 1 is 1.06 bits per heavy atom. The third-order valence-corrected chi connectivity index (χ3v) is 6.26. The number of methoxy groups -OCH3 is 4. The molecular weight excluding hydrogens is 442 g/mol. The molecule has 0 bridgehead atoms. The van der Waals surface area contributed by atoms with Gasteiger partial charge >= 0.3 is 11.9 Å². The highest BCUT2D eigenvalue weighted by Gasteiger charge is 2.47. The summed E-state index contributed by atoms with van der Waals surface area (Å²) < 4.78 is 26.7. The second-order valence-corrected chi connectivity index (χ2v) is 8.21. The topological polar surface area (TPSA) is 109 Å². The van der Waals surface area contributed by atoms with E-state index in [-0.39, 0.29) is 23.9 Å². The number of rotatable bonds is 7. The standard InChI is InChI=1S/C25H31NO8/c1-8-34-25(29)19-13(3)26-15-9-12(2)18(24(28)33-7)22(27)21(15)20(19)14-10-16(30-4)23(32-6)17(11-14)31-5/h10-12,18,20,26H,8-9H2,1-7H3/t12-,18+,20+/m0/s1. The quantitative estimate of drug-likeness (QED) is 0.472. The van der Waals surface area contributed by atoms with Crippen molar-refractivity contribution in [3.63, 3.8) is 0 Å². The molecule has 0 amide bonds. The van der Waals surface area contributed by atoms with Crippen LogP contribution in [-0.2, 0) is 23.9 Å². The van der Waals surface area contributed by atoms with E-state index >= 15 is 0 Å². The summed E-state index contributed by atoms with van der Waals surface area (Å²) in [6.07, 6.45) is 0.440. The van der Waals surface area contributed by atoms with Gasteiger partial charge in [-0.25, -0.2) is 4.79 Å². The molecular formula is C25H31NO8. The smallest absolute Gasteiger partial charge is 0.336 e. The molecule has 0 saturated heterocycles. The number of ether oxygens (including phenoxy) is 5. The van der Waals surface area contributed by atoms with Crippen LogP contribution in [-0.4, -0.2) is 52.8 Å². The average molecular weight is 474 g/mol. The van der Waals surface area contributed by atoms with Gasteiger partial charge in [0.1, 0.15) is 5.92 Å². The van der Waals surface area contributed by atoms with E-state index in [1.54, 1.807) is 26.0 Å². The van der Waals surface area contributed by atoms with Crippen molar-refractivity contribution in [2.45, 2.75) is 33.1 Å². The summed E-state index contributed by atoms with van der Waals surface area (Å²) in [6, 6.07) is 3.40. The zero-order valence-electron chi connectivity index (χ0n) is 20.6. The first-order valence-corrected chi connectivity index (χ1v) is 11.0. The monoisotopic (exact) mass is 473 g/mol. The van der Waals surface area contributed by atoms with Crippen LogP contribution in [0.2, 0.25) is 0 Å². The van der Waals surface area contributed by atoms with E-state index in [2.05, 4.69) is 5.32 Å². The minimum absolute atomic E-state index is 0.166. The largest absolute Gasteiger partial charge is 0.493 e. The van der Waals surface area contributed by atoms with Crippen LogP contribution in [0.25, 0.3) is 0 Å². The first-order chi connectivity index (χ1) is 16.2. The number of ketones is 1. The lowest BCUT2D eigenvalue weighted by atomic mass is 9.69. The van der Waals surface area contributed by atoms with E-state index in [9.17, 15) is 14.4 Å². The molecule has 0 fully saturated rings. The Bertz CT molecular complexity index is 1050. The number of dihydropyridines is 1. The molecule has 0 spiro atoms. The van der Waals surface area contributed by atoms with Crippen LogP contribution in [0.4, 0.5) is 0 Å². The van der Waals surface area contributed by atoms with Gasteiger partial charge in [0.2, 0.25) is 5.75 Å². The summed E-state index contributed by atoms with van der Waals surface area (Å²) >= 11 is 0. The van der Waals surface area contributed by atoms with Crippen molar-refractivity contribution in [1.29, 1.82) is 0 Å². The Morgan fingerprint density at radius 2 is 1.68 bits per heavy atom. The minimum Gasteiger partial charge on any atom is -0.493 e. The van der Waals surface area contributed by atoms with Gasteiger partial charge in [0.15, 0.2) is 17.3 Å². The molecule has 34 heavy (non-hydrogen) atoms. The van der Waals surface area contributed by atoms with E-state index in [1.807, 2.05) is 6.92 Å². The molecule has 3 atom stereocenters. The lowest BCUT2D eigenvalue weighted by Gasteiger charge is -2.38. The average Bonchev–Trinajstić information content (AvgIpc) is 2.81. The van der Waals surface area contributed by atoms with Crippen LogP contribution in [0.1, 0.15) is 38.7 Å². The van der Waals surface area contributed by atoms with E-state index in [4.69, 9.17) is 23.7 Å². The molecule has 2 aliphatic rings. The summed E-state index contributed by atoms with van der Waals surface area (Å²) in [5.41, 5.74) is 2.42. The van der Waals surface area contributed by atoms with Crippen molar-refractivity contribution in [3.05, 3.63) is 40.2 Å². The SMILES string of the molecule is CCOC(=O)C1=C(C)NC2=C(C(=O)[C@H](C(=O)OC)[C@@H](C)C2)[C@@H]1c1cc(OC)c(OC)c(OC)c1. The zero-order chi connectivity index (χ0) is 25.2. The predicted molar refractivity (Wildman–Crippen MR) is 123 cm³/mol. The first-order valence-electron chi connectivity index (χ1n) is 11.0. The second-order valence-electron chi connectivity index (χ2n) is 8.21. The highest BCUT2D eigenvalue weighted by Crippen LogP contribution is 2.48. The van der Waals surface area contributed by atoms with Crippen LogP contribution in [0.3, 0.4) is 0 Å². The van der Waals surface area contributed by atoms with Gasteiger partial charge in [-0.3, -0.25) is 9.59 Å². The third kappa shape index (κ3) is 4.22. The predicted octanol–water partition coefficient (Wildman–Crippen LogP) is 2.89. The normalized spacial score (nSPS) is 22.0. The number of nitrogens with one attached hydrogen (secondary N) is 1. The van der Waals surface area contributed by atoms with E-state index in [0.29, 0.717) is 46.2 Å². The highest BCUT2D eigenvalue weighted by atomic mass is 16.5. The van der Waals surface area contributed by atoms with Crippen molar-refractivity contribution in [2.24, 2.45) is 11.8 Å². The molecule has 0 unspecified atom stereocenters. The maximum absolute atomic E-state index is 13.8. The fourth-order valence-electron chi connectivity index (χ4n) is 4.76. The number of allylic oxidation sites excluding steroid dienone is 3. The van der Waals surface area contributed by atoms with Crippen molar-refractivity contribution in [1.82, 2.24) is 5.32 Å². The van der Waals surface area contributed by atoms with Gasteiger partial charge in [-0.1, -0.05) is 6.92 Å². The molecule has 184 valence electrons. The zero-order valence-corrected chi connectivity index (χ0v) is 20.6. The molecule has 1 heterocycles. The lowest BCUT2D eigenvalue weighted by Crippen LogP contribution is -2.43. The fraction of sp³-hybridized carbons (Fsp3) is 0.480. The third-order valence-electron chi connectivity index (χ3n) is 6.26. The number of hydrogen-bond acceptors (Lipinski definition) is 9. The maximum atomic E-state index is 13.8. The number of esters is 2. The van der Waals surface area contributed by atoms with Crippen molar-refractivity contribution in [3.8, 4) is 17.2 Å². The molecule has 1 N–H and O–H groups in total. The molecule has 1 aliphatic heterocycles. The lowest BCUT2D eigenvalue weighted by molar-refractivity contribution is -0.151. The summed E-state index contributed by atoms with van der Waals surface area (Å²) in [4.78, 5) is 39.4. The Labute approximate surface area is 199 Å².